The molecule has 0 unspecified atom stereocenters. The molecular formula is C20H28Cl2N2O2. The molecule has 2 aromatic rings. The summed E-state index contributed by atoms with van der Waals surface area (Å²) in [7, 11) is 1.39. The van der Waals surface area contributed by atoms with Gasteiger partial charge in [-0.1, -0.05) is 43.7 Å². The summed E-state index contributed by atoms with van der Waals surface area (Å²) in [5, 5.41) is 0. The highest BCUT2D eigenvalue weighted by Crippen LogP contribution is 2.32. The van der Waals surface area contributed by atoms with E-state index >= 15 is 0 Å². The summed E-state index contributed by atoms with van der Waals surface area (Å²) in [6.45, 7) is 8.53. The number of methoxy groups -OCH3 is 1. The zero-order valence-corrected chi connectivity index (χ0v) is 17.6. The third-order valence-corrected chi connectivity index (χ3v) is 4.10. The SMILES string of the molecule is COC(=O)c1c(C)nc(CC(C)C)c(CN)c1-c1ccc(C)cc1.Cl.Cl. The summed E-state index contributed by atoms with van der Waals surface area (Å²) >= 11 is 0. The van der Waals surface area contributed by atoms with E-state index in [1.165, 1.54) is 12.7 Å². The normalized spacial score (nSPS) is 10.1. The van der Waals surface area contributed by atoms with E-state index in [0.717, 1.165) is 28.8 Å². The van der Waals surface area contributed by atoms with Crippen molar-refractivity contribution in [3.63, 3.8) is 0 Å². The number of nitrogens with two attached hydrogens (primary N) is 1. The standard InChI is InChI=1S/C20H26N2O2.2ClH/c1-12(2)10-17-16(11-21)19(15-8-6-13(3)7-9-15)18(14(4)22-17)20(23)24-5;;/h6-9,12H,10-11,21H2,1-5H3;2*1H. The minimum absolute atomic E-state index is 0. The quantitative estimate of drug-likeness (QED) is 0.744. The molecule has 0 amide bonds. The number of halogens is 2. The lowest BCUT2D eigenvalue weighted by Crippen LogP contribution is -2.16. The first-order chi connectivity index (χ1) is 11.4. The van der Waals surface area contributed by atoms with Crippen LogP contribution in [-0.2, 0) is 17.7 Å². The number of aromatic nitrogens is 1. The molecule has 4 nitrogen and oxygen atoms in total. The Hall–Kier alpha value is -1.62. The highest BCUT2D eigenvalue weighted by Gasteiger charge is 2.23. The van der Waals surface area contributed by atoms with E-state index in [-0.39, 0.29) is 30.8 Å². The molecule has 0 aliphatic heterocycles. The van der Waals surface area contributed by atoms with E-state index in [0.29, 0.717) is 23.7 Å². The lowest BCUT2D eigenvalue weighted by atomic mass is 9.90. The lowest BCUT2D eigenvalue weighted by Gasteiger charge is -2.20. The zero-order valence-electron chi connectivity index (χ0n) is 16.0. The largest absolute Gasteiger partial charge is 0.465 e. The van der Waals surface area contributed by atoms with Crippen molar-refractivity contribution in [1.82, 2.24) is 4.98 Å². The van der Waals surface area contributed by atoms with Crippen molar-refractivity contribution in [3.8, 4) is 11.1 Å². The average Bonchev–Trinajstić information content (AvgIpc) is 2.54. The minimum atomic E-state index is -0.374. The van der Waals surface area contributed by atoms with Gasteiger partial charge in [-0.2, -0.15) is 0 Å². The van der Waals surface area contributed by atoms with Crippen LogP contribution in [0.2, 0.25) is 0 Å². The lowest BCUT2D eigenvalue weighted by molar-refractivity contribution is 0.0600. The van der Waals surface area contributed by atoms with E-state index in [4.69, 9.17) is 10.5 Å². The fraction of sp³-hybridized carbons (Fsp3) is 0.400. The molecule has 144 valence electrons. The molecule has 0 saturated heterocycles. The molecule has 0 bridgehead atoms. The minimum Gasteiger partial charge on any atom is -0.465 e. The van der Waals surface area contributed by atoms with Gasteiger partial charge in [-0.05, 0) is 37.3 Å². The summed E-state index contributed by atoms with van der Waals surface area (Å²) in [5.74, 6) is 0.0819. The number of benzene rings is 1. The van der Waals surface area contributed by atoms with Gasteiger partial charge in [0.25, 0.3) is 0 Å². The summed E-state index contributed by atoms with van der Waals surface area (Å²) in [6.07, 6.45) is 0.827. The Morgan fingerprint density at radius 1 is 1.15 bits per heavy atom. The summed E-state index contributed by atoms with van der Waals surface area (Å²) < 4.78 is 5.00. The summed E-state index contributed by atoms with van der Waals surface area (Å²) in [4.78, 5) is 17.1. The average molecular weight is 399 g/mol. The molecule has 0 aliphatic carbocycles. The number of carbonyl (C=O) groups excluding carboxylic acids is 1. The molecule has 2 N–H and O–H groups in total. The van der Waals surface area contributed by atoms with Crippen molar-refractivity contribution in [1.29, 1.82) is 0 Å². The van der Waals surface area contributed by atoms with Gasteiger partial charge in [0.1, 0.15) is 0 Å². The van der Waals surface area contributed by atoms with E-state index in [1.54, 1.807) is 0 Å². The number of hydrogen-bond donors (Lipinski definition) is 1. The van der Waals surface area contributed by atoms with Crippen LogP contribution >= 0.6 is 24.8 Å². The van der Waals surface area contributed by atoms with E-state index in [2.05, 4.69) is 18.8 Å². The first-order valence-electron chi connectivity index (χ1n) is 8.26. The fourth-order valence-corrected chi connectivity index (χ4v) is 2.97. The summed E-state index contributed by atoms with van der Waals surface area (Å²) in [6, 6.07) is 8.12. The van der Waals surface area contributed by atoms with Crippen LogP contribution in [-0.4, -0.2) is 18.1 Å². The maximum absolute atomic E-state index is 12.4. The van der Waals surface area contributed by atoms with E-state index in [9.17, 15) is 4.79 Å². The Balaban J connectivity index is 0.00000312. The van der Waals surface area contributed by atoms with Gasteiger partial charge in [-0.3, -0.25) is 4.98 Å². The van der Waals surface area contributed by atoms with Crippen molar-refractivity contribution in [2.75, 3.05) is 7.11 Å². The van der Waals surface area contributed by atoms with Crippen LogP contribution in [0.15, 0.2) is 24.3 Å². The first-order valence-corrected chi connectivity index (χ1v) is 8.26. The van der Waals surface area contributed by atoms with Crippen LogP contribution in [0.4, 0.5) is 0 Å². The molecule has 2 rings (SSSR count). The number of hydrogen-bond acceptors (Lipinski definition) is 4. The van der Waals surface area contributed by atoms with Crippen LogP contribution in [0.25, 0.3) is 11.1 Å². The van der Waals surface area contributed by atoms with Crippen LogP contribution in [0, 0.1) is 19.8 Å². The molecular weight excluding hydrogens is 371 g/mol. The second kappa shape index (κ2) is 10.5. The number of nitrogens with zero attached hydrogens (tertiary/aromatic N) is 1. The van der Waals surface area contributed by atoms with Crippen LogP contribution in [0.1, 0.15) is 46.7 Å². The number of esters is 1. The zero-order chi connectivity index (χ0) is 17.9. The Morgan fingerprint density at radius 3 is 2.19 bits per heavy atom. The third kappa shape index (κ3) is 5.19. The Labute approximate surface area is 168 Å². The van der Waals surface area contributed by atoms with Gasteiger partial charge in [0.15, 0.2) is 0 Å². The van der Waals surface area contributed by atoms with Crippen LogP contribution in [0.3, 0.4) is 0 Å². The molecule has 0 fully saturated rings. The van der Waals surface area contributed by atoms with Gasteiger partial charge >= 0.3 is 5.97 Å². The van der Waals surface area contributed by atoms with Crippen molar-refractivity contribution >= 4 is 30.8 Å². The van der Waals surface area contributed by atoms with Crippen molar-refractivity contribution in [3.05, 3.63) is 52.3 Å². The van der Waals surface area contributed by atoms with Gasteiger partial charge in [0.2, 0.25) is 0 Å². The highest BCUT2D eigenvalue weighted by molar-refractivity contribution is 5.99. The molecule has 0 saturated carbocycles. The van der Waals surface area contributed by atoms with Crippen molar-refractivity contribution in [2.45, 2.75) is 40.7 Å². The van der Waals surface area contributed by atoms with Gasteiger partial charge in [-0.15, -0.1) is 24.8 Å². The number of aryl methyl sites for hydroxylation is 2. The molecule has 26 heavy (non-hydrogen) atoms. The van der Waals surface area contributed by atoms with Gasteiger partial charge < -0.3 is 10.5 Å². The predicted molar refractivity (Wildman–Crippen MR) is 111 cm³/mol. The molecule has 0 aliphatic rings. The molecule has 0 spiro atoms. The molecule has 1 heterocycles. The summed E-state index contributed by atoms with van der Waals surface area (Å²) in [5.41, 5.74) is 12.1. The molecule has 0 radical (unpaired) electrons. The molecule has 0 atom stereocenters. The number of pyridine rings is 1. The van der Waals surface area contributed by atoms with Gasteiger partial charge in [-0.25, -0.2) is 4.79 Å². The number of rotatable bonds is 5. The highest BCUT2D eigenvalue weighted by atomic mass is 35.5. The van der Waals surface area contributed by atoms with Gasteiger partial charge in [0.05, 0.1) is 18.4 Å². The topological polar surface area (TPSA) is 65.2 Å². The molecule has 1 aromatic heterocycles. The van der Waals surface area contributed by atoms with Crippen molar-refractivity contribution < 1.29 is 9.53 Å². The Bertz CT molecular complexity index is 744. The monoisotopic (exact) mass is 398 g/mol. The maximum atomic E-state index is 12.4. The number of ether oxygens (including phenoxy) is 1. The second-order valence-corrected chi connectivity index (χ2v) is 6.53. The van der Waals surface area contributed by atoms with Crippen LogP contribution < -0.4 is 5.73 Å². The van der Waals surface area contributed by atoms with Gasteiger partial charge in [0, 0.05) is 17.8 Å². The Kier molecular flexibility index (Phi) is 9.85. The third-order valence-electron chi connectivity index (χ3n) is 4.10. The fourth-order valence-electron chi connectivity index (χ4n) is 2.97. The maximum Gasteiger partial charge on any atom is 0.340 e. The van der Waals surface area contributed by atoms with E-state index in [1.807, 2.05) is 38.1 Å². The van der Waals surface area contributed by atoms with E-state index < -0.39 is 0 Å². The number of carbonyl (C=O) groups is 1. The second-order valence-electron chi connectivity index (χ2n) is 6.53. The predicted octanol–water partition coefficient (Wildman–Crippen LogP) is 4.65. The molecule has 1 aromatic carbocycles. The molecule has 6 heteroatoms. The Morgan fingerprint density at radius 2 is 1.73 bits per heavy atom. The smallest absolute Gasteiger partial charge is 0.340 e. The van der Waals surface area contributed by atoms with Crippen molar-refractivity contribution in [2.24, 2.45) is 11.7 Å². The first kappa shape index (κ1) is 24.4. The van der Waals surface area contributed by atoms with Crippen LogP contribution in [0.5, 0.6) is 0 Å².